The molecular weight excluding hydrogens is 408 g/mol. The largest absolute Gasteiger partial charge is 0.495 e. The molecule has 1 aliphatic heterocycles. The van der Waals surface area contributed by atoms with Crippen LogP contribution < -0.4 is 14.8 Å². The van der Waals surface area contributed by atoms with Gasteiger partial charge in [0.1, 0.15) is 16.5 Å². The zero-order chi connectivity index (χ0) is 21.0. The Morgan fingerprint density at radius 3 is 2.90 bits per heavy atom. The molecule has 1 unspecified atom stereocenters. The van der Waals surface area contributed by atoms with Crippen LogP contribution in [0.3, 0.4) is 0 Å². The molecule has 0 bridgehead atoms. The highest BCUT2D eigenvalue weighted by Gasteiger charge is 2.19. The van der Waals surface area contributed by atoms with Crippen molar-refractivity contribution in [1.82, 2.24) is 24.5 Å². The number of nitrogens with zero attached hydrogens (tertiary/aromatic N) is 4. The van der Waals surface area contributed by atoms with Gasteiger partial charge in [0.2, 0.25) is 10.0 Å². The number of aromatic nitrogens is 4. The van der Waals surface area contributed by atoms with Gasteiger partial charge in [0.25, 0.3) is 0 Å². The summed E-state index contributed by atoms with van der Waals surface area (Å²) >= 11 is 0. The summed E-state index contributed by atoms with van der Waals surface area (Å²) < 4.78 is 40.2. The Hall–Kier alpha value is -2.76. The maximum atomic E-state index is 12.6. The Balaban J connectivity index is 1.41. The van der Waals surface area contributed by atoms with Crippen molar-refractivity contribution in [2.24, 2.45) is 0 Å². The van der Waals surface area contributed by atoms with Crippen LogP contribution in [0.15, 0.2) is 41.3 Å². The summed E-state index contributed by atoms with van der Waals surface area (Å²) in [6.07, 6.45) is 2.66. The van der Waals surface area contributed by atoms with Crippen molar-refractivity contribution in [3.05, 3.63) is 42.2 Å². The van der Waals surface area contributed by atoms with Crippen LogP contribution in [0.1, 0.15) is 18.7 Å². The van der Waals surface area contributed by atoms with Crippen molar-refractivity contribution in [2.45, 2.75) is 30.3 Å². The Morgan fingerprint density at radius 1 is 1.23 bits per heavy atom. The van der Waals surface area contributed by atoms with Crippen LogP contribution in [0.2, 0.25) is 0 Å². The third-order valence-electron chi connectivity index (χ3n) is 4.86. The predicted octanol–water partition coefficient (Wildman–Crippen LogP) is 1.24. The van der Waals surface area contributed by atoms with Gasteiger partial charge >= 0.3 is 0 Å². The molecule has 1 atom stereocenters. The Morgan fingerprint density at radius 2 is 2.10 bits per heavy atom. The highest BCUT2D eigenvalue weighted by atomic mass is 32.2. The Kier molecular flexibility index (Phi) is 6.11. The zero-order valence-corrected chi connectivity index (χ0v) is 17.4. The first-order valence-corrected chi connectivity index (χ1v) is 11.2. The number of fused-ring (bicyclic) bond motifs is 1. The van der Waals surface area contributed by atoms with E-state index in [9.17, 15) is 8.42 Å². The molecule has 2 N–H and O–H groups in total. The van der Waals surface area contributed by atoms with Crippen molar-refractivity contribution in [3.63, 3.8) is 0 Å². The van der Waals surface area contributed by atoms with Crippen molar-refractivity contribution >= 4 is 21.5 Å². The Bertz CT molecular complexity index is 1110. The van der Waals surface area contributed by atoms with Gasteiger partial charge in [-0.3, -0.25) is 0 Å². The lowest BCUT2D eigenvalue weighted by molar-refractivity contribution is 0.120. The fourth-order valence-corrected chi connectivity index (χ4v) is 4.52. The van der Waals surface area contributed by atoms with Crippen molar-refractivity contribution in [2.75, 3.05) is 32.1 Å². The van der Waals surface area contributed by atoms with E-state index in [0.29, 0.717) is 36.0 Å². The number of nitrogens with one attached hydrogen (secondary N) is 2. The van der Waals surface area contributed by atoms with Gasteiger partial charge in [-0.25, -0.2) is 13.1 Å². The van der Waals surface area contributed by atoms with E-state index in [1.165, 1.54) is 13.2 Å². The van der Waals surface area contributed by atoms with Crippen LogP contribution in [-0.4, -0.2) is 61.1 Å². The first-order valence-electron chi connectivity index (χ1n) is 9.76. The van der Waals surface area contributed by atoms with E-state index in [1.54, 1.807) is 22.7 Å². The highest BCUT2D eigenvalue weighted by Crippen LogP contribution is 2.22. The second-order valence-electron chi connectivity index (χ2n) is 6.92. The molecule has 0 radical (unpaired) electrons. The summed E-state index contributed by atoms with van der Waals surface area (Å²) in [5, 5.41) is 16.0. The standard InChI is InChI=1S/C19H24N6O4S/c1-28-15-6-2-3-7-16(15)30(26,27)21-11-10-19-23-22-18-9-8-17(24-25(18)19)20-13-14-5-4-12-29-14/h2-3,6-9,14,21H,4-5,10-13H2,1H3,(H,20,24). The molecule has 0 amide bonds. The van der Waals surface area contributed by atoms with Gasteiger partial charge in [-0.2, -0.15) is 4.52 Å². The molecule has 1 saturated heterocycles. The molecule has 0 saturated carbocycles. The number of hydrogen-bond donors (Lipinski definition) is 2. The molecule has 3 aromatic rings. The number of hydrogen-bond acceptors (Lipinski definition) is 8. The molecule has 0 aliphatic carbocycles. The smallest absolute Gasteiger partial charge is 0.244 e. The fraction of sp³-hybridized carbons (Fsp3) is 0.421. The maximum absolute atomic E-state index is 12.6. The maximum Gasteiger partial charge on any atom is 0.244 e. The highest BCUT2D eigenvalue weighted by molar-refractivity contribution is 7.89. The van der Waals surface area contributed by atoms with E-state index >= 15 is 0 Å². The average Bonchev–Trinajstić information content (AvgIpc) is 3.42. The number of benzene rings is 1. The van der Waals surface area contributed by atoms with Crippen LogP contribution in [0.25, 0.3) is 5.65 Å². The second kappa shape index (κ2) is 8.94. The van der Waals surface area contributed by atoms with Gasteiger partial charge in [-0.15, -0.1) is 15.3 Å². The molecular formula is C19H24N6O4S. The normalized spacial score (nSPS) is 16.8. The summed E-state index contributed by atoms with van der Waals surface area (Å²) in [4.78, 5) is 0.0948. The van der Waals surface area contributed by atoms with Gasteiger partial charge in [-0.1, -0.05) is 12.1 Å². The first-order chi connectivity index (χ1) is 14.6. The minimum atomic E-state index is -3.71. The number of ether oxygens (including phenoxy) is 2. The third kappa shape index (κ3) is 4.53. The summed E-state index contributed by atoms with van der Waals surface area (Å²) in [6, 6.07) is 10.1. The monoisotopic (exact) mass is 432 g/mol. The Labute approximate surface area is 174 Å². The minimum Gasteiger partial charge on any atom is -0.495 e. The van der Waals surface area contributed by atoms with E-state index in [2.05, 4.69) is 25.3 Å². The van der Waals surface area contributed by atoms with Gasteiger partial charge < -0.3 is 14.8 Å². The SMILES string of the molecule is COc1ccccc1S(=O)(=O)NCCc1nnc2ccc(NCC3CCCO3)nn12. The number of methoxy groups -OCH3 is 1. The number of para-hydroxylation sites is 1. The van der Waals surface area contributed by atoms with Crippen molar-refractivity contribution in [1.29, 1.82) is 0 Å². The molecule has 1 aliphatic rings. The average molecular weight is 433 g/mol. The predicted molar refractivity (Wildman–Crippen MR) is 110 cm³/mol. The van der Waals surface area contributed by atoms with Crippen molar-refractivity contribution < 1.29 is 17.9 Å². The van der Waals surface area contributed by atoms with E-state index in [-0.39, 0.29) is 17.5 Å². The quantitative estimate of drug-likeness (QED) is 0.518. The number of anilines is 1. The summed E-state index contributed by atoms with van der Waals surface area (Å²) in [6.45, 7) is 1.64. The van der Waals surface area contributed by atoms with Crippen LogP contribution in [-0.2, 0) is 21.2 Å². The molecule has 30 heavy (non-hydrogen) atoms. The fourth-order valence-electron chi connectivity index (χ4n) is 3.32. The van der Waals surface area contributed by atoms with Crippen molar-refractivity contribution in [3.8, 4) is 5.75 Å². The topological polar surface area (TPSA) is 120 Å². The van der Waals surface area contributed by atoms with Crippen LogP contribution in [0.5, 0.6) is 5.75 Å². The summed E-state index contributed by atoms with van der Waals surface area (Å²) in [5.74, 6) is 1.55. The molecule has 0 spiro atoms. The van der Waals surface area contributed by atoms with Gasteiger partial charge in [-0.05, 0) is 37.1 Å². The molecule has 160 valence electrons. The lowest BCUT2D eigenvalue weighted by Gasteiger charge is -2.11. The summed E-state index contributed by atoms with van der Waals surface area (Å²) in [5.41, 5.74) is 0.597. The minimum absolute atomic E-state index is 0.0948. The summed E-state index contributed by atoms with van der Waals surface area (Å²) in [7, 11) is -2.28. The van der Waals surface area contributed by atoms with E-state index in [0.717, 1.165) is 19.4 Å². The van der Waals surface area contributed by atoms with Crippen LogP contribution in [0, 0.1) is 0 Å². The second-order valence-corrected chi connectivity index (χ2v) is 8.65. The van der Waals surface area contributed by atoms with E-state index in [4.69, 9.17) is 9.47 Å². The molecule has 1 fully saturated rings. The molecule has 10 nitrogen and oxygen atoms in total. The van der Waals surface area contributed by atoms with E-state index < -0.39 is 10.0 Å². The van der Waals surface area contributed by atoms with E-state index in [1.807, 2.05) is 12.1 Å². The molecule has 1 aromatic carbocycles. The number of sulfonamides is 1. The molecule has 11 heteroatoms. The first kappa shape index (κ1) is 20.5. The van der Waals surface area contributed by atoms with Gasteiger partial charge in [0, 0.05) is 26.1 Å². The third-order valence-corrected chi connectivity index (χ3v) is 6.36. The van der Waals surface area contributed by atoms with Crippen LogP contribution >= 0.6 is 0 Å². The lowest BCUT2D eigenvalue weighted by Crippen LogP contribution is -2.27. The van der Waals surface area contributed by atoms with Crippen LogP contribution in [0.4, 0.5) is 5.82 Å². The van der Waals surface area contributed by atoms with Gasteiger partial charge in [0.15, 0.2) is 11.5 Å². The lowest BCUT2D eigenvalue weighted by atomic mass is 10.2. The van der Waals surface area contributed by atoms with Gasteiger partial charge in [0.05, 0.1) is 13.2 Å². The molecule has 2 aromatic heterocycles. The number of rotatable bonds is 9. The molecule has 3 heterocycles. The zero-order valence-electron chi connectivity index (χ0n) is 16.6. The molecule has 4 rings (SSSR count).